The van der Waals surface area contributed by atoms with Crippen molar-refractivity contribution in [1.82, 2.24) is 15.0 Å². The number of hydrogen-bond acceptors (Lipinski definition) is 5. The molecule has 100 valence electrons. The summed E-state index contributed by atoms with van der Waals surface area (Å²) in [4.78, 5) is 13.0. The standard InChI is InChI=1S/C15H15N5/c1-2-13-19-12(16)9-14(20-13)18-11-7-3-5-10-6-4-8-17-15(10)11/h3-9H,2H2,1H3,(H3,16,18,19,20). The number of pyridine rings is 1. The van der Waals surface area contributed by atoms with Gasteiger partial charge in [-0.3, -0.25) is 4.98 Å². The van der Waals surface area contributed by atoms with Crippen molar-refractivity contribution < 1.29 is 0 Å². The molecule has 3 N–H and O–H groups in total. The van der Waals surface area contributed by atoms with Crippen molar-refractivity contribution in [3.8, 4) is 0 Å². The van der Waals surface area contributed by atoms with Crippen LogP contribution >= 0.6 is 0 Å². The first-order chi connectivity index (χ1) is 9.76. The molecule has 2 heterocycles. The Morgan fingerprint density at radius 1 is 1.15 bits per heavy atom. The summed E-state index contributed by atoms with van der Waals surface area (Å²) in [7, 11) is 0. The van der Waals surface area contributed by atoms with E-state index in [2.05, 4.69) is 20.3 Å². The van der Waals surface area contributed by atoms with Crippen LogP contribution in [0.25, 0.3) is 10.9 Å². The predicted octanol–water partition coefficient (Wildman–Crippen LogP) is 2.91. The van der Waals surface area contributed by atoms with Crippen LogP contribution in [0.4, 0.5) is 17.3 Å². The van der Waals surface area contributed by atoms with Crippen LogP contribution in [0, 0.1) is 0 Å². The number of fused-ring (bicyclic) bond motifs is 1. The first-order valence-corrected chi connectivity index (χ1v) is 6.50. The van der Waals surface area contributed by atoms with E-state index in [1.807, 2.05) is 37.3 Å². The Hall–Kier alpha value is -2.69. The van der Waals surface area contributed by atoms with Crippen molar-refractivity contribution in [1.29, 1.82) is 0 Å². The fourth-order valence-electron chi connectivity index (χ4n) is 2.08. The van der Waals surface area contributed by atoms with Gasteiger partial charge in [0, 0.05) is 24.1 Å². The number of nitrogens with two attached hydrogens (primary N) is 1. The van der Waals surface area contributed by atoms with Crippen molar-refractivity contribution in [2.75, 3.05) is 11.1 Å². The van der Waals surface area contributed by atoms with E-state index in [4.69, 9.17) is 5.73 Å². The first kappa shape index (κ1) is 12.3. The number of rotatable bonds is 3. The number of nitrogens with one attached hydrogen (secondary N) is 1. The molecule has 0 saturated carbocycles. The number of nitrogen functional groups attached to an aromatic ring is 1. The number of aryl methyl sites for hydroxylation is 1. The molecule has 0 aliphatic rings. The summed E-state index contributed by atoms with van der Waals surface area (Å²) < 4.78 is 0. The van der Waals surface area contributed by atoms with Gasteiger partial charge in [-0.05, 0) is 12.1 Å². The van der Waals surface area contributed by atoms with Gasteiger partial charge >= 0.3 is 0 Å². The summed E-state index contributed by atoms with van der Waals surface area (Å²) in [6, 6.07) is 11.7. The normalized spacial score (nSPS) is 10.7. The van der Waals surface area contributed by atoms with E-state index < -0.39 is 0 Å². The Morgan fingerprint density at radius 2 is 2.00 bits per heavy atom. The lowest BCUT2D eigenvalue weighted by molar-refractivity contribution is 0.948. The molecular weight excluding hydrogens is 250 g/mol. The van der Waals surface area contributed by atoms with Crippen LogP contribution < -0.4 is 11.1 Å². The third-order valence-corrected chi connectivity index (χ3v) is 3.00. The zero-order valence-electron chi connectivity index (χ0n) is 11.2. The number of anilines is 3. The van der Waals surface area contributed by atoms with E-state index in [0.717, 1.165) is 28.8 Å². The van der Waals surface area contributed by atoms with E-state index in [9.17, 15) is 0 Å². The highest BCUT2D eigenvalue weighted by atomic mass is 15.1. The largest absolute Gasteiger partial charge is 0.384 e. The third-order valence-electron chi connectivity index (χ3n) is 3.00. The highest BCUT2D eigenvalue weighted by Gasteiger charge is 2.05. The number of benzene rings is 1. The van der Waals surface area contributed by atoms with E-state index in [1.54, 1.807) is 12.3 Å². The van der Waals surface area contributed by atoms with Crippen LogP contribution in [0.3, 0.4) is 0 Å². The number of hydrogen-bond donors (Lipinski definition) is 2. The minimum atomic E-state index is 0.465. The molecule has 0 aliphatic carbocycles. The average Bonchev–Trinajstić information content (AvgIpc) is 2.47. The predicted molar refractivity (Wildman–Crippen MR) is 80.8 cm³/mol. The zero-order chi connectivity index (χ0) is 13.9. The molecule has 0 fully saturated rings. The Balaban J connectivity index is 2.03. The maximum Gasteiger partial charge on any atom is 0.136 e. The summed E-state index contributed by atoms with van der Waals surface area (Å²) in [5.74, 6) is 1.88. The topological polar surface area (TPSA) is 76.7 Å². The van der Waals surface area contributed by atoms with Gasteiger partial charge in [0.15, 0.2) is 0 Å². The molecule has 5 heteroatoms. The second-order valence-electron chi connectivity index (χ2n) is 4.45. The molecule has 1 aromatic carbocycles. The second kappa shape index (κ2) is 5.13. The van der Waals surface area contributed by atoms with Crippen molar-refractivity contribution in [2.24, 2.45) is 0 Å². The highest BCUT2D eigenvalue weighted by Crippen LogP contribution is 2.24. The average molecular weight is 265 g/mol. The lowest BCUT2D eigenvalue weighted by Gasteiger charge is -2.09. The van der Waals surface area contributed by atoms with E-state index in [-0.39, 0.29) is 0 Å². The van der Waals surface area contributed by atoms with E-state index in [1.165, 1.54) is 0 Å². The van der Waals surface area contributed by atoms with E-state index >= 15 is 0 Å². The minimum Gasteiger partial charge on any atom is -0.384 e. The smallest absolute Gasteiger partial charge is 0.136 e. The molecule has 2 aromatic heterocycles. The molecule has 0 spiro atoms. The lowest BCUT2D eigenvalue weighted by Crippen LogP contribution is -2.03. The van der Waals surface area contributed by atoms with Crippen molar-refractivity contribution in [3.63, 3.8) is 0 Å². The SMILES string of the molecule is CCc1nc(N)cc(Nc2cccc3cccnc23)n1. The van der Waals surface area contributed by atoms with Gasteiger partial charge in [0.2, 0.25) is 0 Å². The first-order valence-electron chi connectivity index (χ1n) is 6.50. The molecule has 20 heavy (non-hydrogen) atoms. The third kappa shape index (κ3) is 2.38. The molecule has 0 bridgehead atoms. The Labute approximate surface area is 116 Å². The molecule has 3 rings (SSSR count). The quantitative estimate of drug-likeness (QED) is 0.761. The summed E-state index contributed by atoms with van der Waals surface area (Å²) in [6.45, 7) is 2.00. The van der Waals surface area contributed by atoms with Crippen LogP contribution in [0.2, 0.25) is 0 Å². The Morgan fingerprint density at radius 3 is 2.85 bits per heavy atom. The number of para-hydroxylation sites is 1. The molecule has 0 unspecified atom stereocenters. The van der Waals surface area contributed by atoms with Crippen LogP contribution in [0.5, 0.6) is 0 Å². The van der Waals surface area contributed by atoms with Crippen LogP contribution in [0.1, 0.15) is 12.7 Å². The van der Waals surface area contributed by atoms with Crippen molar-refractivity contribution in [2.45, 2.75) is 13.3 Å². The molecule has 0 amide bonds. The van der Waals surface area contributed by atoms with Gasteiger partial charge in [-0.2, -0.15) is 0 Å². The van der Waals surface area contributed by atoms with Gasteiger partial charge in [0.25, 0.3) is 0 Å². The summed E-state index contributed by atoms with van der Waals surface area (Å²) in [5, 5.41) is 4.35. The summed E-state index contributed by atoms with van der Waals surface area (Å²) >= 11 is 0. The molecule has 0 saturated heterocycles. The zero-order valence-corrected chi connectivity index (χ0v) is 11.2. The number of aromatic nitrogens is 3. The van der Waals surface area contributed by atoms with Crippen LogP contribution in [-0.4, -0.2) is 15.0 Å². The van der Waals surface area contributed by atoms with Crippen molar-refractivity contribution in [3.05, 3.63) is 48.4 Å². The fourth-order valence-corrected chi connectivity index (χ4v) is 2.08. The van der Waals surface area contributed by atoms with Gasteiger partial charge in [-0.25, -0.2) is 9.97 Å². The monoisotopic (exact) mass is 265 g/mol. The molecule has 5 nitrogen and oxygen atoms in total. The molecule has 3 aromatic rings. The Bertz CT molecular complexity index is 749. The Kier molecular flexibility index (Phi) is 3.16. The number of nitrogens with zero attached hydrogens (tertiary/aromatic N) is 3. The maximum atomic E-state index is 5.79. The van der Waals surface area contributed by atoms with Gasteiger partial charge in [-0.15, -0.1) is 0 Å². The van der Waals surface area contributed by atoms with E-state index in [0.29, 0.717) is 11.6 Å². The lowest BCUT2D eigenvalue weighted by atomic mass is 10.2. The highest BCUT2D eigenvalue weighted by molar-refractivity contribution is 5.91. The van der Waals surface area contributed by atoms with Gasteiger partial charge in [0.05, 0.1) is 11.2 Å². The molecule has 0 radical (unpaired) electrons. The van der Waals surface area contributed by atoms with Gasteiger partial charge in [0.1, 0.15) is 17.5 Å². The fraction of sp³-hybridized carbons (Fsp3) is 0.133. The van der Waals surface area contributed by atoms with Crippen LogP contribution in [0.15, 0.2) is 42.6 Å². The summed E-state index contributed by atoms with van der Waals surface area (Å²) in [5.41, 5.74) is 7.61. The maximum absolute atomic E-state index is 5.79. The molecule has 0 aliphatic heterocycles. The van der Waals surface area contributed by atoms with Crippen LogP contribution in [-0.2, 0) is 6.42 Å². The molecular formula is C15H15N5. The molecule has 0 atom stereocenters. The second-order valence-corrected chi connectivity index (χ2v) is 4.45. The van der Waals surface area contributed by atoms with Crippen molar-refractivity contribution >= 4 is 28.2 Å². The minimum absolute atomic E-state index is 0.465. The van der Waals surface area contributed by atoms with Gasteiger partial charge < -0.3 is 11.1 Å². The van der Waals surface area contributed by atoms with Gasteiger partial charge in [-0.1, -0.05) is 25.1 Å². The summed E-state index contributed by atoms with van der Waals surface area (Å²) in [6.07, 6.45) is 2.52.